The molecule has 4 nitrogen and oxygen atoms in total. The fourth-order valence-electron chi connectivity index (χ4n) is 2.62. The summed E-state index contributed by atoms with van der Waals surface area (Å²) in [5, 5.41) is 2.83. The summed E-state index contributed by atoms with van der Waals surface area (Å²) >= 11 is 1.53. The molecule has 1 saturated heterocycles. The van der Waals surface area contributed by atoms with Crippen LogP contribution in [0.5, 0.6) is 0 Å². The molecule has 108 valence electrons. The van der Waals surface area contributed by atoms with Crippen LogP contribution in [0, 0.1) is 0 Å². The van der Waals surface area contributed by atoms with Gasteiger partial charge in [0.1, 0.15) is 5.69 Å². The molecule has 2 rings (SSSR count). The molecule has 19 heavy (non-hydrogen) atoms. The number of nitrogens with zero attached hydrogens (tertiary/aromatic N) is 2. The number of aromatic nitrogens is 1. The number of amides is 1. The van der Waals surface area contributed by atoms with Gasteiger partial charge in [-0.2, -0.15) is 0 Å². The Labute approximate surface area is 124 Å². The molecule has 0 aromatic carbocycles. The Morgan fingerprint density at radius 1 is 1.58 bits per heavy atom. The highest BCUT2D eigenvalue weighted by atomic mass is 35.5. The van der Waals surface area contributed by atoms with Crippen LogP contribution in [0.3, 0.4) is 0 Å². The minimum Gasteiger partial charge on any atom is -0.332 e. The van der Waals surface area contributed by atoms with Gasteiger partial charge in [-0.1, -0.05) is 6.92 Å². The Bertz CT molecular complexity index is 424. The van der Waals surface area contributed by atoms with E-state index in [0.29, 0.717) is 24.3 Å². The first kappa shape index (κ1) is 16.4. The summed E-state index contributed by atoms with van der Waals surface area (Å²) in [7, 11) is 0. The third-order valence-electron chi connectivity index (χ3n) is 3.62. The zero-order valence-electron chi connectivity index (χ0n) is 11.5. The van der Waals surface area contributed by atoms with E-state index >= 15 is 0 Å². The minimum absolute atomic E-state index is 0. The number of hydrogen-bond donors (Lipinski definition) is 1. The van der Waals surface area contributed by atoms with E-state index in [4.69, 9.17) is 5.73 Å². The average molecular weight is 304 g/mol. The smallest absolute Gasteiger partial charge is 0.273 e. The molecule has 0 aliphatic carbocycles. The van der Waals surface area contributed by atoms with E-state index in [-0.39, 0.29) is 18.3 Å². The van der Waals surface area contributed by atoms with E-state index in [2.05, 4.69) is 18.8 Å². The number of hydrogen-bond acceptors (Lipinski definition) is 4. The summed E-state index contributed by atoms with van der Waals surface area (Å²) in [6.45, 7) is 4.85. The molecule has 6 heteroatoms. The first-order valence-electron chi connectivity index (χ1n) is 6.64. The van der Waals surface area contributed by atoms with Crippen molar-refractivity contribution in [3.8, 4) is 0 Å². The topological polar surface area (TPSA) is 59.2 Å². The van der Waals surface area contributed by atoms with Crippen LogP contribution in [-0.4, -0.2) is 34.4 Å². The van der Waals surface area contributed by atoms with Gasteiger partial charge in [0.2, 0.25) is 0 Å². The van der Waals surface area contributed by atoms with Crippen LogP contribution in [0.25, 0.3) is 0 Å². The quantitative estimate of drug-likeness (QED) is 0.929. The normalized spacial score (nSPS) is 22.4. The fourth-order valence-corrected chi connectivity index (χ4v) is 3.41. The van der Waals surface area contributed by atoms with E-state index in [0.717, 1.165) is 30.7 Å². The number of carbonyl (C=O) groups excluding carboxylic acids is 1. The number of likely N-dealkylation sites (tertiary alicyclic amines) is 1. The van der Waals surface area contributed by atoms with Gasteiger partial charge in [0, 0.05) is 23.9 Å². The second kappa shape index (κ2) is 7.22. The Hall–Kier alpha value is -0.650. The standard InChI is InChI=1S/C13H21N3OS.ClH/c1-3-10-5-4-9(2)16(10)13(17)11-8-18-12(15-11)6-7-14;/h8-10H,3-7,14H2,1-2H3;1H. The molecular formula is C13H22ClN3OS. The van der Waals surface area contributed by atoms with Crippen LogP contribution in [0.1, 0.15) is 48.6 Å². The van der Waals surface area contributed by atoms with E-state index in [1.54, 1.807) is 0 Å². The molecule has 1 aliphatic heterocycles. The number of rotatable bonds is 4. The average Bonchev–Trinajstić information content (AvgIpc) is 2.95. The molecule has 2 atom stereocenters. The Morgan fingerprint density at radius 2 is 2.32 bits per heavy atom. The summed E-state index contributed by atoms with van der Waals surface area (Å²) in [6.07, 6.45) is 3.99. The predicted molar refractivity (Wildman–Crippen MR) is 81.1 cm³/mol. The minimum atomic E-state index is 0. The number of halogens is 1. The first-order chi connectivity index (χ1) is 8.67. The van der Waals surface area contributed by atoms with Crippen LogP contribution in [0.2, 0.25) is 0 Å². The SMILES string of the molecule is CCC1CCC(C)N1C(=O)c1csc(CCN)n1.Cl. The maximum absolute atomic E-state index is 12.5. The molecule has 1 aliphatic rings. The highest BCUT2D eigenvalue weighted by molar-refractivity contribution is 7.09. The van der Waals surface area contributed by atoms with Gasteiger partial charge in [0.25, 0.3) is 5.91 Å². The highest BCUT2D eigenvalue weighted by Gasteiger charge is 2.34. The number of carbonyl (C=O) groups is 1. The van der Waals surface area contributed by atoms with Crippen LogP contribution in [0.15, 0.2) is 5.38 Å². The molecule has 2 heterocycles. The van der Waals surface area contributed by atoms with Gasteiger partial charge in [-0.3, -0.25) is 4.79 Å². The Balaban J connectivity index is 0.00000180. The zero-order chi connectivity index (χ0) is 13.1. The molecule has 0 bridgehead atoms. The zero-order valence-corrected chi connectivity index (χ0v) is 13.1. The maximum Gasteiger partial charge on any atom is 0.273 e. The van der Waals surface area contributed by atoms with Crippen LogP contribution >= 0.6 is 23.7 Å². The number of thiazole rings is 1. The number of nitrogens with two attached hydrogens (primary N) is 1. The second-order valence-electron chi connectivity index (χ2n) is 4.87. The van der Waals surface area contributed by atoms with Crippen molar-refractivity contribution >= 4 is 29.7 Å². The molecule has 0 saturated carbocycles. The fraction of sp³-hybridized carbons (Fsp3) is 0.692. The monoisotopic (exact) mass is 303 g/mol. The Morgan fingerprint density at radius 3 is 2.95 bits per heavy atom. The summed E-state index contributed by atoms with van der Waals surface area (Å²) in [6, 6.07) is 0.717. The lowest BCUT2D eigenvalue weighted by molar-refractivity contribution is 0.0671. The molecule has 2 unspecified atom stereocenters. The van der Waals surface area contributed by atoms with Crippen LogP contribution in [0.4, 0.5) is 0 Å². The lowest BCUT2D eigenvalue weighted by Gasteiger charge is -2.27. The van der Waals surface area contributed by atoms with Crippen molar-refractivity contribution in [1.82, 2.24) is 9.88 Å². The summed E-state index contributed by atoms with van der Waals surface area (Å²) in [5.41, 5.74) is 6.10. The molecule has 2 N–H and O–H groups in total. The van der Waals surface area contributed by atoms with Gasteiger partial charge < -0.3 is 10.6 Å². The molecule has 0 radical (unpaired) electrons. The van der Waals surface area contributed by atoms with Crippen LogP contribution < -0.4 is 5.73 Å². The van der Waals surface area contributed by atoms with Gasteiger partial charge >= 0.3 is 0 Å². The lowest BCUT2D eigenvalue weighted by atomic mass is 10.1. The maximum atomic E-state index is 12.5. The van der Waals surface area contributed by atoms with Crippen molar-refractivity contribution in [2.24, 2.45) is 5.73 Å². The molecule has 1 aromatic heterocycles. The van der Waals surface area contributed by atoms with Crippen LogP contribution in [-0.2, 0) is 6.42 Å². The lowest BCUT2D eigenvalue weighted by Crippen LogP contribution is -2.39. The Kier molecular flexibility index (Phi) is 6.23. The third-order valence-corrected chi connectivity index (χ3v) is 4.53. The first-order valence-corrected chi connectivity index (χ1v) is 7.52. The summed E-state index contributed by atoms with van der Waals surface area (Å²) in [5.74, 6) is 0.0892. The molecule has 1 aromatic rings. The van der Waals surface area contributed by atoms with Crippen molar-refractivity contribution in [3.05, 3.63) is 16.1 Å². The largest absolute Gasteiger partial charge is 0.332 e. The van der Waals surface area contributed by atoms with Crippen molar-refractivity contribution in [1.29, 1.82) is 0 Å². The van der Waals surface area contributed by atoms with E-state index < -0.39 is 0 Å². The molecule has 1 fully saturated rings. The predicted octanol–water partition coefficient (Wildman–Crippen LogP) is 2.47. The second-order valence-corrected chi connectivity index (χ2v) is 5.81. The van der Waals surface area contributed by atoms with Crippen molar-refractivity contribution < 1.29 is 4.79 Å². The van der Waals surface area contributed by atoms with Gasteiger partial charge in [0.15, 0.2) is 0 Å². The van der Waals surface area contributed by atoms with Gasteiger partial charge in [0.05, 0.1) is 5.01 Å². The summed E-state index contributed by atoms with van der Waals surface area (Å²) in [4.78, 5) is 18.9. The van der Waals surface area contributed by atoms with E-state index in [9.17, 15) is 4.79 Å². The summed E-state index contributed by atoms with van der Waals surface area (Å²) < 4.78 is 0. The highest BCUT2D eigenvalue weighted by Crippen LogP contribution is 2.28. The van der Waals surface area contributed by atoms with Crippen molar-refractivity contribution in [2.75, 3.05) is 6.54 Å². The van der Waals surface area contributed by atoms with E-state index in [1.165, 1.54) is 11.3 Å². The molecule has 0 spiro atoms. The van der Waals surface area contributed by atoms with Crippen molar-refractivity contribution in [3.63, 3.8) is 0 Å². The molecular weight excluding hydrogens is 282 g/mol. The van der Waals surface area contributed by atoms with E-state index in [1.807, 2.05) is 10.3 Å². The third kappa shape index (κ3) is 3.46. The van der Waals surface area contributed by atoms with Gasteiger partial charge in [-0.25, -0.2) is 4.98 Å². The van der Waals surface area contributed by atoms with Gasteiger partial charge in [-0.05, 0) is 32.7 Å². The van der Waals surface area contributed by atoms with Crippen molar-refractivity contribution in [2.45, 2.75) is 51.6 Å². The van der Waals surface area contributed by atoms with Gasteiger partial charge in [-0.15, -0.1) is 23.7 Å². The molecule has 1 amide bonds.